The van der Waals surface area contributed by atoms with Crippen molar-refractivity contribution < 1.29 is 9.90 Å². The normalized spacial score (nSPS) is 12.2. The van der Waals surface area contributed by atoms with E-state index in [1.807, 2.05) is 30.3 Å². The average Bonchev–Trinajstić information content (AvgIpc) is 2.43. The first-order chi connectivity index (χ1) is 9.61. The summed E-state index contributed by atoms with van der Waals surface area (Å²) in [4.78, 5) is 11.7. The van der Waals surface area contributed by atoms with Crippen molar-refractivity contribution in [3.8, 4) is 0 Å². The summed E-state index contributed by atoms with van der Waals surface area (Å²) in [5, 5.41) is 14.8. The van der Waals surface area contributed by atoms with Crippen molar-refractivity contribution in [1.82, 2.24) is 10.6 Å². The Bertz CT molecular complexity index is 379. The van der Waals surface area contributed by atoms with Crippen LogP contribution in [0.15, 0.2) is 30.3 Å². The lowest BCUT2D eigenvalue weighted by atomic mass is 9.94. The van der Waals surface area contributed by atoms with Crippen LogP contribution in [0.5, 0.6) is 0 Å². The summed E-state index contributed by atoms with van der Waals surface area (Å²) in [6, 6.07) is 9.67. The Morgan fingerprint density at radius 2 is 1.90 bits per heavy atom. The molecule has 0 aliphatic carbocycles. The van der Waals surface area contributed by atoms with Gasteiger partial charge in [-0.3, -0.25) is 0 Å². The van der Waals surface area contributed by atoms with Gasteiger partial charge in [-0.05, 0) is 30.2 Å². The maximum Gasteiger partial charge on any atom is 0.315 e. The number of hydrogen-bond acceptors (Lipinski definition) is 2. The van der Waals surface area contributed by atoms with Gasteiger partial charge in [0.25, 0.3) is 0 Å². The monoisotopic (exact) mass is 278 g/mol. The van der Waals surface area contributed by atoms with E-state index in [0.29, 0.717) is 24.9 Å². The molecule has 0 heterocycles. The maximum absolute atomic E-state index is 11.7. The minimum atomic E-state index is -0.152. The lowest BCUT2D eigenvalue weighted by Crippen LogP contribution is -2.38. The molecule has 0 spiro atoms. The molecular weight excluding hydrogens is 252 g/mol. The Labute approximate surface area is 121 Å². The molecule has 2 amide bonds. The molecule has 1 atom stereocenters. The molecule has 4 heteroatoms. The van der Waals surface area contributed by atoms with Crippen LogP contribution < -0.4 is 10.6 Å². The lowest BCUT2D eigenvalue weighted by Gasteiger charge is -2.18. The van der Waals surface area contributed by atoms with Crippen LogP contribution in [0.2, 0.25) is 0 Å². The van der Waals surface area contributed by atoms with Gasteiger partial charge in [-0.25, -0.2) is 4.79 Å². The number of aliphatic hydroxyl groups excluding tert-OH is 1. The fourth-order valence-corrected chi connectivity index (χ4v) is 2.23. The Balaban J connectivity index is 2.27. The zero-order valence-electron chi connectivity index (χ0n) is 12.4. The second-order valence-electron chi connectivity index (χ2n) is 5.56. The highest BCUT2D eigenvalue weighted by molar-refractivity contribution is 5.73. The molecule has 1 aromatic carbocycles. The topological polar surface area (TPSA) is 61.4 Å². The fraction of sp³-hybridized carbons (Fsp3) is 0.562. The van der Waals surface area contributed by atoms with Crippen molar-refractivity contribution >= 4 is 6.03 Å². The van der Waals surface area contributed by atoms with Crippen LogP contribution >= 0.6 is 0 Å². The molecule has 1 rings (SSSR count). The van der Waals surface area contributed by atoms with E-state index in [4.69, 9.17) is 5.11 Å². The van der Waals surface area contributed by atoms with E-state index in [1.165, 1.54) is 0 Å². The van der Waals surface area contributed by atoms with Gasteiger partial charge in [-0.2, -0.15) is 0 Å². The number of hydrogen-bond donors (Lipinski definition) is 3. The van der Waals surface area contributed by atoms with Crippen LogP contribution in [-0.4, -0.2) is 24.3 Å². The quantitative estimate of drug-likeness (QED) is 0.684. The second-order valence-corrected chi connectivity index (χ2v) is 5.56. The van der Waals surface area contributed by atoms with E-state index in [9.17, 15) is 4.79 Å². The van der Waals surface area contributed by atoms with Gasteiger partial charge in [0.05, 0.1) is 0 Å². The average molecular weight is 278 g/mol. The predicted molar refractivity (Wildman–Crippen MR) is 81.3 cm³/mol. The molecule has 4 nitrogen and oxygen atoms in total. The Morgan fingerprint density at radius 1 is 1.20 bits per heavy atom. The van der Waals surface area contributed by atoms with Crippen molar-refractivity contribution in [3.05, 3.63) is 35.9 Å². The third-order valence-electron chi connectivity index (χ3n) is 3.19. The Kier molecular flexibility index (Phi) is 7.73. The van der Waals surface area contributed by atoms with Crippen LogP contribution in [0.4, 0.5) is 4.79 Å². The van der Waals surface area contributed by atoms with Gasteiger partial charge in [-0.15, -0.1) is 0 Å². The highest BCUT2D eigenvalue weighted by Gasteiger charge is 2.11. The summed E-state index contributed by atoms with van der Waals surface area (Å²) in [5.41, 5.74) is 1.08. The third-order valence-corrected chi connectivity index (χ3v) is 3.19. The zero-order valence-corrected chi connectivity index (χ0v) is 12.4. The zero-order chi connectivity index (χ0) is 14.8. The first-order valence-electron chi connectivity index (χ1n) is 7.28. The molecule has 112 valence electrons. The standard InChI is InChI=1S/C16H26N2O2/c1-13(2)10-15(8-9-19)12-18-16(20)17-11-14-6-4-3-5-7-14/h3-7,13,15,19H,8-12H2,1-2H3,(H2,17,18,20). The van der Waals surface area contributed by atoms with E-state index in [2.05, 4.69) is 24.5 Å². The molecule has 0 radical (unpaired) electrons. The molecule has 0 saturated carbocycles. The number of rotatable bonds is 8. The third kappa shape index (κ3) is 7.14. The number of nitrogens with one attached hydrogen (secondary N) is 2. The number of benzene rings is 1. The molecule has 1 unspecified atom stereocenters. The fourth-order valence-electron chi connectivity index (χ4n) is 2.23. The summed E-state index contributed by atoms with van der Waals surface area (Å²) < 4.78 is 0. The van der Waals surface area contributed by atoms with Gasteiger partial charge < -0.3 is 15.7 Å². The molecule has 0 aliphatic rings. The molecule has 3 N–H and O–H groups in total. The van der Waals surface area contributed by atoms with Crippen molar-refractivity contribution in [2.45, 2.75) is 33.2 Å². The van der Waals surface area contributed by atoms with E-state index >= 15 is 0 Å². The summed E-state index contributed by atoms with van der Waals surface area (Å²) in [7, 11) is 0. The molecule has 1 aromatic rings. The van der Waals surface area contributed by atoms with Gasteiger partial charge in [-0.1, -0.05) is 44.2 Å². The molecule has 20 heavy (non-hydrogen) atoms. The van der Waals surface area contributed by atoms with E-state index in [0.717, 1.165) is 18.4 Å². The molecule has 0 aliphatic heterocycles. The van der Waals surface area contributed by atoms with Gasteiger partial charge >= 0.3 is 6.03 Å². The van der Waals surface area contributed by atoms with Crippen molar-refractivity contribution in [3.63, 3.8) is 0 Å². The van der Waals surface area contributed by atoms with Gasteiger partial charge in [0, 0.05) is 19.7 Å². The highest BCUT2D eigenvalue weighted by Crippen LogP contribution is 2.14. The second kappa shape index (κ2) is 9.37. The SMILES string of the molecule is CC(C)CC(CCO)CNC(=O)NCc1ccccc1. The van der Waals surface area contributed by atoms with Crippen molar-refractivity contribution in [2.24, 2.45) is 11.8 Å². The largest absolute Gasteiger partial charge is 0.396 e. The van der Waals surface area contributed by atoms with Gasteiger partial charge in [0.15, 0.2) is 0 Å². The van der Waals surface area contributed by atoms with Crippen LogP contribution in [0.1, 0.15) is 32.3 Å². The minimum Gasteiger partial charge on any atom is -0.396 e. The first-order valence-corrected chi connectivity index (χ1v) is 7.28. The van der Waals surface area contributed by atoms with Crippen molar-refractivity contribution in [1.29, 1.82) is 0 Å². The number of amides is 2. The van der Waals surface area contributed by atoms with Gasteiger partial charge in [0.2, 0.25) is 0 Å². The van der Waals surface area contributed by atoms with E-state index in [1.54, 1.807) is 0 Å². The summed E-state index contributed by atoms with van der Waals surface area (Å²) >= 11 is 0. The number of carbonyl (C=O) groups excluding carboxylic acids is 1. The summed E-state index contributed by atoms with van der Waals surface area (Å²) in [6.45, 7) is 5.62. The van der Waals surface area contributed by atoms with Crippen LogP contribution in [-0.2, 0) is 6.54 Å². The molecule has 0 aromatic heterocycles. The number of aliphatic hydroxyl groups is 1. The summed E-state index contributed by atoms with van der Waals surface area (Å²) in [6.07, 6.45) is 1.75. The molecule has 0 bridgehead atoms. The van der Waals surface area contributed by atoms with E-state index < -0.39 is 0 Å². The predicted octanol–water partition coefficient (Wildman–Crippen LogP) is 2.53. The number of carbonyl (C=O) groups is 1. The van der Waals surface area contributed by atoms with Crippen molar-refractivity contribution in [2.75, 3.05) is 13.2 Å². The smallest absolute Gasteiger partial charge is 0.315 e. The number of urea groups is 1. The Hall–Kier alpha value is -1.55. The summed E-state index contributed by atoms with van der Waals surface area (Å²) in [5.74, 6) is 0.906. The van der Waals surface area contributed by atoms with Crippen LogP contribution in [0.25, 0.3) is 0 Å². The molecule has 0 fully saturated rings. The lowest BCUT2D eigenvalue weighted by molar-refractivity contribution is 0.225. The minimum absolute atomic E-state index is 0.152. The van der Waals surface area contributed by atoms with Crippen LogP contribution in [0.3, 0.4) is 0 Å². The first kappa shape index (κ1) is 16.5. The molecular formula is C16H26N2O2. The van der Waals surface area contributed by atoms with Crippen LogP contribution in [0, 0.1) is 11.8 Å². The highest BCUT2D eigenvalue weighted by atomic mass is 16.3. The van der Waals surface area contributed by atoms with E-state index in [-0.39, 0.29) is 12.6 Å². The Morgan fingerprint density at radius 3 is 2.50 bits per heavy atom. The molecule has 0 saturated heterocycles. The van der Waals surface area contributed by atoms with Gasteiger partial charge in [0.1, 0.15) is 0 Å². The maximum atomic E-state index is 11.7.